The lowest BCUT2D eigenvalue weighted by Crippen LogP contribution is -2.26. The Hall–Kier alpha value is -1.62. The summed E-state index contributed by atoms with van der Waals surface area (Å²) in [7, 11) is 1.61. The Bertz CT molecular complexity index is 556. The highest BCUT2D eigenvalue weighted by Gasteiger charge is 2.05. The van der Waals surface area contributed by atoms with Gasteiger partial charge < -0.3 is 10.6 Å². The Morgan fingerprint density at radius 2 is 2.18 bits per heavy atom. The summed E-state index contributed by atoms with van der Waals surface area (Å²) in [4.78, 5) is 15.4. The summed E-state index contributed by atoms with van der Waals surface area (Å²) in [6, 6.07) is 7.83. The molecule has 0 bridgehead atoms. The van der Waals surface area contributed by atoms with Crippen LogP contribution in [0.25, 0.3) is 10.8 Å². The van der Waals surface area contributed by atoms with Crippen molar-refractivity contribution in [3.63, 3.8) is 0 Å². The van der Waals surface area contributed by atoms with Gasteiger partial charge in [-0.15, -0.1) is 0 Å². The molecular formula is C12H12BrN3O. The first-order valence-electron chi connectivity index (χ1n) is 5.20. The van der Waals surface area contributed by atoms with Gasteiger partial charge in [0.2, 0.25) is 5.91 Å². The molecule has 5 heteroatoms. The quantitative estimate of drug-likeness (QED) is 0.912. The number of carbonyl (C=O) groups is 1. The largest absolute Gasteiger partial charge is 0.360 e. The number of rotatable bonds is 3. The number of nitrogens with zero attached hydrogens (tertiary/aromatic N) is 1. The van der Waals surface area contributed by atoms with Crippen molar-refractivity contribution >= 4 is 38.4 Å². The maximum Gasteiger partial charge on any atom is 0.239 e. The van der Waals surface area contributed by atoms with Crippen molar-refractivity contribution in [2.45, 2.75) is 0 Å². The smallest absolute Gasteiger partial charge is 0.239 e. The number of amides is 1. The molecular weight excluding hydrogens is 282 g/mol. The fourth-order valence-electron chi connectivity index (χ4n) is 1.56. The van der Waals surface area contributed by atoms with Gasteiger partial charge in [0.25, 0.3) is 0 Å². The minimum atomic E-state index is -0.0706. The van der Waals surface area contributed by atoms with Crippen molar-refractivity contribution in [3.8, 4) is 0 Å². The molecule has 0 aliphatic carbocycles. The normalized spacial score (nSPS) is 10.2. The van der Waals surface area contributed by atoms with Crippen LogP contribution in [0.5, 0.6) is 0 Å². The van der Waals surface area contributed by atoms with Gasteiger partial charge in [0.05, 0.1) is 6.54 Å². The minimum Gasteiger partial charge on any atom is -0.360 e. The van der Waals surface area contributed by atoms with Gasteiger partial charge in [-0.2, -0.15) is 0 Å². The third kappa shape index (κ3) is 2.55. The predicted molar refractivity (Wildman–Crippen MR) is 72.0 cm³/mol. The van der Waals surface area contributed by atoms with Crippen LogP contribution in [0.3, 0.4) is 0 Å². The van der Waals surface area contributed by atoms with Crippen molar-refractivity contribution in [2.24, 2.45) is 0 Å². The molecule has 0 radical (unpaired) electrons. The molecule has 0 unspecified atom stereocenters. The highest BCUT2D eigenvalue weighted by atomic mass is 79.9. The van der Waals surface area contributed by atoms with Crippen LogP contribution >= 0.6 is 15.9 Å². The van der Waals surface area contributed by atoms with Crippen LogP contribution < -0.4 is 10.6 Å². The van der Waals surface area contributed by atoms with Crippen LogP contribution in [0.4, 0.5) is 5.82 Å². The number of carbonyl (C=O) groups excluding carboxylic acids is 1. The molecule has 88 valence electrons. The lowest BCUT2D eigenvalue weighted by atomic mass is 10.1. The zero-order chi connectivity index (χ0) is 12.3. The number of nitrogens with one attached hydrogen (secondary N) is 2. The lowest BCUT2D eigenvalue weighted by molar-refractivity contribution is -0.118. The zero-order valence-electron chi connectivity index (χ0n) is 9.33. The van der Waals surface area contributed by atoms with E-state index >= 15 is 0 Å². The standard InChI is InChI=1S/C12H12BrN3O/c1-14-11(17)7-16-12-9-3-2-4-10(13)8(9)5-6-15-12/h2-6H,7H2,1H3,(H,14,17)(H,15,16). The average Bonchev–Trinajstić information content (AvgIpc) is 2.36. The summed E-state index contributed by atoms with van der Waals surface area (Å²) < 4.78 is 1.01. The molecule has 0 spiro atoms. The molecule has 2 rings (SSSR count). The fourth-order valence-corrected chi connectivity index (χ4v) is 2.06. The molecule has 0 saturated heterocycles. The molecule has 1 amide bonds. The third-order valence-electron chi connectivity index (χ3n) is 2.45. The number of likely N-dealkylation sites (N-methyl/N-ethyl adjacent to an activating group) is 1. The Morgan fingerprint density at radius 3 is 2.94 bits per heavy atom. The number of pyridine rings is 1. The van der Waals surface area contributed by atoms with Gasteiger partial charge in [0.1, 0.15) is 5.82 Å². The average molecular weight is 294 g/mol. The summed E-state index contributed by atoms with van der Waals surface area (Å²) in [5, 5.41) is 7.64. The lowest BCUT2D eigenvalue weighted by Gasteiger charge is -2.08. The number of halogens is 1. The second kappa shape index (κ2) is 5.14. The van der Waals surface area contributed by atoms with E-state index in [2.05, 4.69) is 31.5 Å². The van der Waals surface area contributed by atoms with Crippen LogP contribution in [-0.4, -0.2) is 24.5 Å². The number of hydrogen-bond donors (Lipinski definition) is 2. The number of benzene rings is 1. The van der Waals surface area contributed by atoms with E-state index < -0.39 is 0 Å². The first-order chi connectivity index (χ1) is 8.22. The predicted octanol–water partition coefficient (Wildman–Crippen LogP) is 2.16. The summed E-state index contributed by atoms with van der Waals surface area (Å²) in [5.41, 5.74) is 0. The first-order valence-corrected chi connectivity index (χ1v) is 5.99. The van der Waals surface area contributed by atoms with Crippen molar-refractivity contribution in [1.29, 1.82) is 0 Å². The highest BCUT2D eigenvalue weighted by Crippen LogP contribution is 2.27. The van der Waals surface area contributed by atoms with E-state index in [1.54, 1.807) is 13.2 Å². The van der Waals surface area contributed by atoms with Crippen molar-refractivity contribution in [1.82, 2.24) is 10.3 Å². The van der Waals surface area contributed by atoms with E-state index in [0.717, 1.165) is 15.2 Å². The second-order valence-electron chi connectivity index (χ2n) is 3.52. The van der Waals surface area contributed by atoms with E-state index in [4.69, 9.17) is 0 Å². The van der Waals surface area contributed by atoms with Crippen molar-refractivity contribution in [2.75, 3.05) is 18.9 Å². The van der Waals surface area contributed by atoms with Crippen LogP contribution in [0, 0.1) is 0 Å². The van der Waals surface area contributed by atoms with E-state index in [1.165, 1.54) is 0 Å². The fraction of sp³-hybridized carbons (Fsp3) is 0.167. The molecule has 0 aliphatic rings. The van der Waals surface area contributed by atoms with E-state index in [1.807, 2.05) is 24.3 Å². The number of fused-ring (bicyclic) bond motifs is 1. The van der Waals surface area contributed by atoms with Gasteiger partial charge in [-0.3, -0.25) is 4.79 Å². The minimum absolute atomic E-state index is 0.0706. The van der Waals surface area contributed by atoms with E-state index in [0.29, 0.717) is 5.82 Å². The van der Waals surface area contributed by atoms with Crippen LogP contribution in [0.1, 0.15) is 0 Å². The van der Waals surface area contributed by atoms with Crippen molar-refractivity contribution in [3.05, 3.63) is 34.9 Å². The Kier molecular flexibility index (Phi) is 3.58. The monoisotopic (exact) mass is 293 g/mol. The summed E-state index contributed by atoms with van der Waals surface area (Å²) in [6.45, 7) is 0.217. The number of anilines is 1. The van der Waals surface area contributed by atoms with Gasteiger partial charge in [-0.05, 0) is 12.1 Å². The van der Waals surface area contributed by atoms with Crippen LogP contribution in [0.2, 0.25) is 0 Å². The SMILES string of the molecule is CNC(=O)CNc1nccc2c(Br)cccc12. The van der Waals surface area contributed by atoms with Gasteiger partial charge in [-0.1, -0.05) is 28.1 Å². The molecule has 0 atom stereocenters. The molecule has 0 aliphatic heterocycles. The van der Waals surface area contributed by atoms with Gasteiger partial charge in [0.15, 0.2) is 0 Å². The molecule has 2 aromatic rings. The number of hydrogen-bond acceptors (Lipinski definition) is 3. The molecule has 1 aromatic carbocycles. The maximum absolute atomic E-state index is 11.2. The maximum atomic E-state index is 11.2. The Labute approximate surface area is 108 Å². The molecule has 1 heterocycles. The van der Waals surface area contributed by atoms with E-state index in [9.17, 15) is 4.79 Å². The molecule has 4 nitrogen and oxygen atoms in total. The van der Waals surface area contributed by atoms with Crippen LogP contribution in [0.15, 0.2) is 34.9 Å². The molecule has 0 fully saturated rings. The molecule has 2 N–H and O–H groups in total. The second-order valence-corrected chi connectivity index (χ2v) is 4.38. The van der Waals surface area contributed by atoms with E-state index in [-0.39, 0.29) is 12.5 Å². The van der Waals surface area contributed by atoms with Gasteiger partial charge in [0, 0.05) is 28.5 Å². The summed E-state index contributed by atoms with van der Waals surface area (Å²) in [6.07, 6.45) is 1.72. The Morgan fingerprint density at radius 1 is 1.35 bits per heavy atom. The third-order valence-corrected chi connectivity index (χ3v) is 3.14. The van der Waals surface area contributed by atoms with Crippen LogP contribution in [-0.2, 0) is 4.79 Å². The molecule has 17 heavy (non-hydrogen) atoms. The van der Waals surface area contributed by atoms with Crippen molar-refractivity contribution < 1.29 is 4.79 Å². The Balaban J connectivity index is 2.34. The summed E-state index contributed by atoms with van der Waals surface area (Å²) >= 11 is 3.49. The molecule has 1 aromatic heterocycles. The number of aromatic nitrogens is 1. The first kappa shape index (κ1) is 11.9. The molecule has 0 saturated carbocycles. The topological polar surface area (TPSA) is 54.0 Å². The van der Waals surface area contributed by atoms with Gasteiger partial charge >= 0.3 is 0 Å². The zero-order valence-corrected chi connectivity index (χ0v) is 10.9. The van der Waals surface area contributed by atoms with Gasteiger partial charge in [-0.25, -0.2) is 4.98 Å². The summed E-state index contributed by atoms with van der Waals surface area (Å²) in [5.74, 6) is 0.645. The highest BCUT2D eigenvalue weighted by molar-refractivity contribution is 9.10.